The zero-order valence-electron chi connectivity index (χ0n) is 12.9. The summed E-state index contributed by atoms with van der Waals surface area (Å²) in [6.45, 7) is 9.64. The van der Waals surface area contributed by atoms with E-state index in [0.29, 0.717) is 6.04 Å². The van der Waals surface area contributed by atoms with Crippen LogP contribution in [0.15, 0.2) is 24.3 Å². The lowest BCUT2D eigenvalue weighted by Gasteiger charge is -2.07. The molecule has 108 valence electrons. The SMILES string of the molecule is CCCc1nc(-c2cccc(C)c2)sc1CNC(C)C. The fourth-order valence-electron chi connectivity index (χ4n) is 2.15. The van der Waals surface area contributed by atoms with Crippen molar-refractivity contribution < 1.29 is 0 Å². The summed E-state index contributed by atoms with van der Waals surface area (Å²) in [5.41, 5.74) is 3.79. The second-order valence-electron chi connectivity index (χ2n) is 5.54. The van der Waals surface area contributed by atoms with Gasteiger partial charge in [-0.05, 0) is 19.4 Å². The molecule has 0 radical (unpaired) electrons. The Labute approximate surface area is 126 Å². The van der Waals surface area contributed by atoms with E-state index in [1.807, 2.05) is 11.3 Å². The third kappa shape index (κ3) is 3.90. The molecular weight excluding hydrogens is 264 g/mol. The maximum atomic E-state index is 4.87. The molecule has 2 nitrogen and oxygen atoms in total. The molecule has 20 heavy (non-hydrogen) atoms. The third-order valence-electron chi connectivity index (χ3n) is 3.20. The fourth-order valence-corrected chi connectivity index (χ4v) is 3.21. The summed E-state index contributed by atoms with van der Waals surface area (Å²) in [5.74, 6) is 0. The molecule has 0 atom stereocenters. The van der Waals surface area contributed by atoms with Gasteiger partial charge in [0.15, 0.2) is 0 Å². The summed E-state index contributed by atoms with van der Waals surface area (Å²) in [7, 11) is 0. The average Bonchev–Trinajstić information content (AvgIpc) is 2.80. The van der Waals surface area contributed by atoms with Crippen LogP contribution >= 0.6 is 11.3 Å². The topological polar surface area (TPSA) is 24.9 Å². The number of rotatable bonds is 6. The van der Waals surface area contributed by atoms with E-state index >= 15 is 0 Å². The largest absolute Gasteiger partial charge is 0.310 e. The number of hydrogen-bond donors (Lipinski definition) is 1. The molecule has 0 saturated heterocycles. The van der Waals surface area contributed by atoms with Crippen LogP contribution in [-0.4, -0.2) is 11.0 Å². The van der Waals surface area contributed by atoms with Crippen molar-refractivity contribution in [2.24, 2.45) is 0 Å². The van der Waals surface area contributed by atoms with Crippen LogP contribution in [0.4, 0.5) is 0 Å². The van der Waals surface area contributed by atoms with Gasteiger partial charge in [-0.1, -0.05) is 51.0 Å². The molecule has 2 rings (SSSR count). The number of hydrogen-bond acceptors (Lipinski definition) is 3. The van der Waals surface area contributed by atoms with Crippen molar-refractivity contribution in [3.63, 3.8) is 0 Å². The molecule has 1 heterocycles. The van der Waals surface area contributed by atoms with E-state index in [9.17, 15) is 0 Å². The summed E-state index contributed by atoms with van der Waals surface area (Å²) in [6.07, 6.45) is 2.21. The Morgan fingerprint density at radius 1 is 1.30 bits per heavy atom. The minimum atomic E-state index is 0.508. The second-order valence-corrected chi connectivity index (χ2v) is 6.63. The summed E-state index contributed by atoms with van der Waals surface area (Å²) < 4.78 is 0. The summed E-state index contributed by atoms with van der Waals surface area (Å²) in [4.78, 5) is 6.25. The van der Waals surface area contributed by atoms with Gasteiger partial charge in [0.25, 0.3) is 0 Å². The van der Waals surface area contributed by atoms with Crippen LogP contribution in [0, 0.1) is 6.92 Å². The Bertz CT molecular complexity index is 558. The smallest absolute Gasteiger partial charge is 0.123 e. The number of nitrogens with zero attached hydrogens (tertiary/aromatic N) is 1. The third-order valence-corrected chi connectivity index (χ3v) is 4.35. The maximum Gasteiger partial charge on any atom is 0.123 e. The zero-order chi connectivity index (χ0) is 14.5. The molecule has 0 saturated carbocycles. The minimum Gasteiger partial charge on any atom is -0.310 e. The lowest BCUT2D eigenvalue weighted by molar-refractivity contribution is 0.589. The molecule has 0 aliphatic carbocycles. The average molecular weight is 288 g/mol. The number of thiazole rings is 1. The van der Waals surface area contributed by atoms with Crippen LogP contribution in [0.5, 0.6) is 0 Å². The molecular formula is C17H24N2S. The van der Waals surface area contributed by atoms with Gasteiger partial charge in [0, 0.05) is 23.0 Å². The summed E-state index contributed by atoms with van der Waals surface area (Å²) in [5, 5.41) is 4.66. The normalized spacial score (nSPS) is 11.2. The van der Waals surface area contributed by atoms with Crippen molar-refractivity contribution >= 4 is 11.3 Å². The Balaban J connectivity index is 2.28. The highest BCUT2D eigenvalue weighted by molar-refractivity contribution is 7.15. The van der Waals surface area contributed by atoms with Crippen LogP contribution < -0.4 is 5.32 Å². The first kappa shape index (κ1) is 15.2. The molecule has 0 bridgehead atoms. The van der Waals surface area contributed by atoms with Gasteiger partial charge in [-0.15, -0.1) is 11.3 Å². The first-order valence-corrected chi connectivity index (χ1v) is 8.20. The monoisotopic (exact) mass is 288 g/mol. The molecule has 3 heteroatoms. The standard InChI is InChI=1S/C17H24N2S/c1-5-7-15-16(11-18-12(2)3)20-17(19-15)14-9-6-8-13(4)10-14/h6,8-10,12,18H,5,7,11H2,1-4H3. The molecule has 0 fully saturated rings. The Kier molecular flexibility index (Phi) is 5.32. The predicted octanol–water partition coefficient (Wildman–Crippen LogP) is 4.57. The Hall–Kier alpha value is -1.19. The van der Waals surface area contributed by atoms with Crippen LogP contribution in [-0.2, 0) is 13.0 Å². The van der Waals surface area contributed by atoms with Crippen molar-refractivity contribution in [2.75, 3.05) is 0 Å². The van der Waals surface area contributed by atoms with Crippen LogP contribution in [0.3, 0.4) is 0 Å². The second kappa shape index (κ2) is 7.00. The van der Waals surface area contributed by atoms with Crippen LogP contribution in [0.2, 0.25) is 0 Å². The lowest BCUT2D eigenvalue weighted by Crippen LogP contribution is -2.21. The zero-order valence-corrected chi connectivity index (χ0v) is 13.7. The minimum absolute atomic E-state index is 0.508. The fraction of sp³-hybridized carbons (Fsp3) is 0.471. The highest BCUT2D eigenvalue weighted by Crippen LogP contribution is 2.29. The van der Waals surface area contributed by atoms with E-state index in [0.717, 1.165) is 24.4 Å². The molecule has 1 aromatic carbocycles. The van der Waals surface area contributed by atoms with E-state index in [-0.39, 0.29) is 0 Å². The molecule has 0 unspecified atom stereocenters. The quantitative estimate of drug-likeness (QED) is 0.842. The van der Waals surface area contributed by atoms with Crippen molar-refractivity contribution in [2.45, 2.75) is 53.1 Å². The van der Waals surface area contributed by atoms with Gasteiger partial charge in [0.1, 0.15) is 5.01 Å². The molecule has 1 N–H and O–H groups in total. The highest BCUT2D eigenvalue weighted by Gasteiger charge is 2.12. The van der Waals surface area contributed by atoms with Crippen LogP contribution in [0.25, 0.3) is 10.6 Å². The highest BCUT2D eigenvalue weighted by atomic mass is 32.1. The number of nitrogens with one attached hydrogen (secondary N) is 1. The van der Waals surface area contributed by atoms with Gasteiger partial charge >= 0.3 is 0 Å². The summed E-state index contributed by atoms with van der Waals surface area (Å²) in [6, 6.07) is 9.12. The Morgan fingerprint density at radius 2 is 2.10 bits per heavy atom. The molecule has 0 aliphatic rings. The van der Waals surface area contributed by atoms with Crippen molar-refractivity contribution in [1.82, 2.24) is 10.3 Å². The lowest BCUT2D eigenvalue weighted by atomic mass is 10.1. The van der Waals surface area contributed by atoms with Gasteiger partial charge in [-0.25, -0.2) is 4.98 Å². The van der Waals surface area contributed by atoms with Gasteiger partial charge in [0.05, 0.1) is 5.69 Å². The molecule has 2 aromatic rings. The first-order chi connectivity index (χ1) is 9.60. The Morgan fingerprint density at radius 3 is 2.75 bits per heavy atom. The van der Waals surface area contributed by atoms with Crippen molar-refractivity contribution in [1.29, 1.82) is 0 Å². The van der Waals surface area contributed by atoms with E-state index in [1.165, 1.54) is 21.7 Å². The molecule has 0 amide bonds. The van der Waals surface area contributed by atoms with E-state index in [1.54, 1.807) is 0 Å². The maximum absolute atomic E-state index is 4.87. The number of aromatic nitrogens is 1. The van der Waals surface area contributed by atoms with E-state index in [4.69, 9.17) is 4.98 Å². The predicted molar refractivity (Wildman–Crippen MR) is 88.3 cm³/mol. The summed E-state index contributed by atoms with van der Waals surface area (Å²) >= 11 is 1.83. The molecule has 0 spiro atoms. The molecule has 0 aliphatic heterocycles. The van der Waals surface area contributed by atoms with Crippen LogP contribution in [0.1, 0.15) is 43.3 Å². The number of aryl methyl sites for hydroxylation is 2. The van der Waals surface area contributed by atoms with Gasteiger partial charge in [-0.3, -0.25) is 0 Å². The van der Waals surface area contributed by atoms with Crippen molar-refractivity contribution in [3.05, 3.63) is 40.4 Å². The molecule has 1 aromatic heterocycles. The van der Waals surface area contributed by atoms with Crippen molar-refractivity contribution in [3.8, 4) is 10.6 Å². The van der Waals surface area contributed by atoms with Gasteiger partial charge in [0.2, 0.25) is 0 Å². The van der Waals surface area contributed by atoms with E-state index < -0.39 is 0 Å². The van der Waals surface area contributed by atoms with E-state index in [2.05, 4.69) is 57.3 Å². The van der Waals surface area contributed by atoms with Gasteiger partial charge in [-0.2, -0.15) is 0 Å². The number of benzene rings is 1. The first-order valence-electron chi connectivity index (χ1n) is 7.39. The van der Waals surface area contributed by atoms with Gasteiger partial charge < -0.3 is 5.32 Å².